The van der Waals surface area contributed by atoms with Crippen LogP contribution in [0.2, 0.25) is 0 Å². The number of oxazole rings is 1. The number of rotatable bonds is 6. The molecule has 1 aliphatic rings. The number of esters is 1. The molecule has 1 N–H and O–H groups in total. The zero-order valence-electron chi connectivity index (χ0n) is 14.4. The monoisotopic (exact) mass is 337 g/mol. The number of aromatic nitrogens is 1. The number of ether oxygens (including phenoxy) is 1. The number of carbonyl (C=O) groups excluding carboxylic acids is 3. The van der Waals surface area contributed by atoms with E-state index in [9.17, 15) is 14.4 Å². The predicted molar refractivity (Wildman–Crippen MR) is 85.4 cm³/mol. The Morgan fingerprint density at radius 1 is 1.42 bits per heavy atom. The summed E-state index contributed by atoms with van der Waals surface area (Å²) in [4.78, 5) is 41.8. The first-order valence-electron chi connectivity index (χ1n) is 8.10. The van der Waals surface area contributed by atoms with Gasteiger partial charge in [-0.15, -0.1) is 0 Å². The second-order valence-electron chi connectivity index (χ2n) is 6.01. The van der Waals surface area contributed by atoms with E-state index in [0.717, 1.165) is 6.42 Å². The van der Waals surface area contributed by atoms with Crippen molar-refractivity contribution in [3.63, 3.8) is 0 Å². The average molecular weight is 337 g/mol. The molecule has 0 aromatic carbocycles. The van der Waals surface area contributed by atoms with E-state index in [2.05, 4.69) is 10.3 Å². The fourth-order valence-corrected chi connectivity index (χ4v) is 2.79. The Kier molecular flexibility index (Phi) is 5.58. The van der Waals surface area contributed by atoms with Gasteiger partial charge in [-0.1, -0.05) is 13.8 Å². The molecule has 0 spiro atoms. The van der Waals surface area contributed by atoms with Gasteiger partial charge in [-0.05, 0) is 26.2 Å². The van der Waals surface area contributed by atoms with Crippen LogP contribution in [-0.4, -0.2) is 46.9 Å². The molecule has 1 aromatic heterocycles. The van der Waals surface area contributed by atoms with Gasteiger partial charge in [-0.25, -0.2) is 4.79 Å². The van der Waals surface area contributed by atoms with Crippen molar-refractivity contribution in [3.8, 4) is 0 Å². The first-order valence-corrected chi connectivity index (χ1v) is 8.10. The lowest BCUT2D eigenvalue weighted by atomic mass is 10.0. The smallest absolute Gasteiger partial charge is 0.360 e. The van der Waals surface area contributed by atoms with Crippen LogP contribution in [-0.2, 0) is 14.3 Å². The molecular weight excluding hydrogens is 314 g/mol. The van der Waals surface area contributed by atoms with Gasteiger partial charge in [0.05, 0.1) is 6.61 Å². The van der Waals surface area contributed by atoms with Gasteiger partial charge in [-0.3, -0.25) is 14.9 Å². The largest absolute Gasteiger partial charge is 0.461 e. The Labute approximate surface area is 140 Å². The SMILES string of the molecule is CCOC(=O)c1nc(NC(=O)[C@H](C(C)C)N2CCCC2=O)oc1C. The van der Waals surface area contributed by atoms with Gasteiger partial charge in [0.2, 0.25) is 5.91 Å². The van der Waals surface area contributed by atoms with Gasteiger partial charge in [0.1, 0.15) is 11.8 Å². The highest BCUT2D eigenvalue weighted by atomic mass is 16.5. The van der Waals surface area contributed by atoms with E-state index >= 15 is 0 Å². The number of nitrogens with zero attached hydrogens (tertiary/aromatic N) is 2. The third-order valence-corrected chi connectivity index (χ3v) is 3.84. The zero-order valence-corrected chi connectivity index (χ0v) is 14.4. The second kappa shape index (κ2) is 7.46. The summed E-state index contributed by atoms with van der Waals surface area (Å²) in [5.41, 5.74) is 0.0329. The Hall–Kier alpha value is -2.38. The Bertz CT molecular complexity index is 638. The summed E-state index contributed by atoms with van der Waals surface area (Å²) in [5, 5.41) is 2.56. The van der Waals surface area contributed by atoms with Crippen LogP contribution in [0.4, 0.5) is 6.01 Å². The molecule has 24 heavy (non-hydrogen) atoms. The van der Waals surface area contributed by atoms with E-state index in [0.29, 0.717) is 13.0 Å². The van der Waals surface area contributed by atoms with Crippen molar-refractivity contribution in [2.24, 2.45) is 5.92 Å². The minimum atomic E-state index is -0.602. The van der Waals surface area contributed by atoms with Crippen molar-refractivity contribution in [3.05, 3.63) is 11.5 Å². The van der Waals surface area contributed by atoms with Crippen LogP contribution in [0.5, 0.6) is 0 Å². The minimum absolute atomic E-state index is 0.0281. The first-order chi connectivity index (χ1) is 11.3. The molecule has 2 amide bonds. The summed E-state index contributed by atoms with van der Waals surface area (Å²) >= 11 is 0. The van der Waals surface area contributed by atoms with Crippen molar-refractivity contribution < 1.29 is 23.5 Å². The number of amides is 2. The van der Waals surface area contributed by atoms with Gasteiger partial charge >= 0.3 is 12.0 Å². The Balaban J connectivity index is 2.14. The molecule has 0 radical (unpaired) electrons. The van der Waals surface area contributed by atoms with Crippen LogP contribution in [0.1, 0.15) is 49.9 Å². The third kappa shape index (κ3) is 3.74. The van der Waals surface area contributed by atoms with E-state index < -0.39 is 12.0 Å². The number of aryl methyl sites for hydroxylation is 1. The molecular formula is C16H23N3O5. The topological polar surface area (TPSA) is 102 Å². The average Bonchev–Trinajstić information content (AvgIpc) is 3.06. The van der Waals surface area contributed by atoms with Crippen molar-refractivity contribution in [1.82, 2.24) is 9.88 Å². The molecule has 0 saturated carbocycles. The molecule has 1 fully saturated rings. The maximum absolute atomic E-state index is 12.6. The summed E-state index contributed by atoms with van der Waals surface area (Å²) in [6, 6.07) is -0.670. The lowest BCUT2D eigenvalue weighted by Crippen LogP contribution is -2.48. The quantitative estimate of drug-likeness (QED) is 0.793. The molecule has 1 aliphatic heterocycles. The minimum Gasteiger partial charge on any atom is -0.461 e. The van der Waals surface area contributed by atoms with Crippen LogP contribution >= 0.6 is 0 Å². The number of hydrogen-bond acceptors (Lipinski definition) is 6. The van der Waals surface area contributed by atoms with E-state index in [4.69, 9.17) is 9.15 Å². The maximum Gasteiger partial charge on any atom is 0.360 e. The lowest BCUT2D eigenvalue weighted by molar-refractivity contribution is -0.136. The number of likely N-dealkylation sites (tertiary alicyclic amines) is 1. The zero-order chi connectivity index (χ0) is 17.9. The standard InChI is InChI=1S/C16H23N3O5/c1-5-23-15(22)12-10(4)24-16(17-12)18-14(21)13(9(2)3)19-8-6-7-11(19)20/h9,13H,5-8H2,1-4H3,(H,17,18,21)/t13-/m0/s1. The lowest BCUT2D eigenvalue weighted by Gasteiger charge is -2.29. The predicted octanol–water partition coefficient (Wildman–Crippen LogP) is 1.75. The van der Waals surface area contributed by atoms with Crippen LogP contribution < -0.4 is 5.32 Å². The number of anilines is 1. The van der Waals surface area contributed by atoms with Gasteiger partial charge in [0.25, 0.3) is 5.91 Å². The fraction of sp³-hybridized carbons (Fsp3) is 0.625. The molecule has 8 nitrogen and oxygen atoms in total. The fourth-order valence-electron chi connectivity index (χ4n) is 2.79. The number of carbonyl (C=O) groups is 3. The summed E-state index contributed by atoms with van der Waals surface area (Å²) in [5.74, 6) is -0.805. The van der Waals surface area contributed by atoms with Gasteiger partial charge in [0.15, 0.2) is 5.69 Å². The van der Waals surface area contributed by atoms with Crippen molar-refractivity contribution in [1.29, 1.82) is 0 Å². The van der Waals surface area contributed by atoms with Crippen LogP contribution in [0, 0.1) is 12.8 Å². The van der Waals surface area contributed by atoms with Crippen LogP contribution in [0.25, 0.3) is 0 Å². The van der Waals surface area contributed by atoms with Crippen molar-refractivity contribution >= 4 is 23.8 Å². The summed E-state index contributed by atoms with van der Waals surface area (Å²) in [6.07, 6.45) is 1.21. The van der Waals surface area contributed by atoms with Crippen molar-refractivity contribution in [2.45, 2.75) is 46.6 Å². The highest BCUT2D eigenvalue weighted by molar-refractivity contribution is 5.97. The van der Waals surface area contributed by atoms with Gasteiger partial charge < -0.3 is 14.1 Å². The molecule has 2 heterocycles. The van der Waals surface area contributed by atoms with Crippen LogP contribution in [0.15, 0.2) is 4.42 Å². The first kappa shape index (κ1) is 18.0. The molecule has 1 atom stereocenters. The normalized spacial score (nSPS) is 15.7. The highest BCUT2D eigenvalue weighted by Gasteiger charge is 2.35. The van der Waals surface area contributed by atoms with Gasteiger partial charge in [-0.2, -0.15) is 4.98 Å². The molecule has 8 heteroatoms. The number of hydrogen-bond donors (Lipinski definition) is 1. The summed E-state index contributed by atoms with van der Waals surface area (Å²) < 4.78 is 10.2. The van der Waals surface area contributed by atoms with Crippen molar-refractivity contribution in [2.75, 3.05) is 18.5 Å². The van der Waals surface area contributed by atoms with E-state index in [1.54, 1.807) is 18.7 Å². The summed E-state index contributed by atoms with van der Waals surface area (Å²) in [7, 11) is 0. The van der Waals surface area contributed by atoms with E-state index in [-0.39, 0.29) is 41.8 Å². The van der Waals surface area contributed by atoms with E-state index in [1.165, 1.54) is 0 Å². The molecule has 1 aromatic rings. The Morgan fingerprint density at radius 2 is 2.12 bits per heavy atom. The molecule has 2 rings (SSSR count). The molecule has 132 valence electrons. The highest BCUT2D eigenvalue weighted by Crippen LogP contribution is 2.21. The summed E-state index contributed by atoms with van der Waals surface area (Å²) in [6.45, 7) is 7.80. The van der Waals surface area contributed by atoms with E-state index in [1.807, 2.05) is 13.8 Å². The molecule has 0 unspecified atom stereocenters. The molecule has 1 saturated heterocycles. The maximum atomic E-state index is 12.6. The second-order valence-corrected chi connectivity index (χ2v) is 6.01. The number of nitrogens with one attached hydrogen (secondary N) is 1. The van der Waals surface area contributed by atoms with Gasteiger partial charge in [0, 0.05) is 13.0 Å². The molecule has 0 aliphatic carbocycles. The third-order valence-electron chi connectivity index (χ3n) is 3.84. The van der Waals surface area contributed by atoms with Crippen LogP contribution in [0.3, 0.4) is 0 Å². The Morgan fingerprint density at radius 3 is 2.67 bits per heavy atom. The molecule has 0 bridgehead atoms.